The molecule has 1 fully saturated rings. The SMILES string of the molecule is COc1cccc([C@H]2C(=C(O)c3cccc([N+](=O)[O-])c3)C(=O)C(=O)N2CCc2c[nH]c3ccc(OC)cc23)c1. The number of nitrogens with one attached hydrogen (secondary N) is 1. The summed E-state index contributed by atoms with van der Waals surface area (Å²) < 4.78 is 10.7. The number of nitro groups is 1. The molecule has 0 aliphatic carbocycles. The van der Waals surface area contributed by atoms with Crippen molar-refractivity contribution in [1.29, 1.82) is 0 Å². The molecular formula is C29H25N3O7. The van der Waals surface area contributed by atoms with Crippen molar-refractivity contribution in [2.24, 2.45) is 0 Å². The molecule has 1 saturated heterocycles. The van der Waals surface area contributed by atoms with Gasteiger partial charge in [0, 0.05) is 41.3 Å². The van der Waals surface area contributed by atoms with Crippen LogP contribution in [0.15, 0.2) is 78.5 Å². The smallest absolute Gasteiger partial charge is 0.295 e. The molecule has 2 heterocycles. The van der Waals surface area contributed by atoms with E-state index in [1.807, 2.05) is 24.4 Å². The lowest BCUT2D eigenvalue weighted by Gasteiger charge is -2.25. The third-order valence-electron chi connectivity index (χ3n) is 6.88. The molecule has 1 aromatic heterocycles. The van der Waals surface area contributed by atoms with Crippen molar-refractivity contribution in [3.63, 3.8) is 0 Å². The van der Waals surface area contributed by atoms with Crippen LogP contribution in [0.3, 0.4) is 0 Å². The van der Waals surface area contributed by atoms with Gasteiger partial charge in [-0.15, -0.1) is 0 Å². The average Bonchev–Trinajstić information content (AvgIpc) is 3.48. The third-order valence-corrected chi connectivity index (χ3v) is 6.88. The van der Waals surface area contributed by atoms with Crippen LogP contribution in [0.4, 0.5) is 5.69 Å². The highest BCUT2D eigenvalue weighted by Gasteiger charge is 2.46. The van der Waals surface area contributed by atoms with E-state index in [1.165, 1.54) is 36.3 Å². The molecule has 0 bridgehead atoms. The molecule has 5 rings (SSSR count). The molecule has 3 aromatic carbocycles. The summed E-state index contributed by atoms with van der Waals surface area (Å²) in [5, 5.41) is 23.5. The zero-order valence-corrected chi connectivity index (χ0v) is 21.2. The van der Waals surface area contributed by atoms with Crippen molar-refractivity contribution in [1.82, 2.24) is 9.88 Å². The lowest BCUT2D eigenvalue weighted by Crippen LogP contribution is -2.31. The number of likely N-dealkylation sites (tertiary alicyclic amines) is 1. The Kier molecular flexibility index (Phi) is 6.76. The van der Waals surface area contributed by atoms with Crippen molar-refractivity contribution in [2.75, 3.05) is 20.8 Å². The van der Waals surface area contributed by atoms with E-state index in [-0.39, 0.29) is 23.4 Å². The second-order valence-corrected chi connectivity index (χ2v) is 9.05. The number of aliphatic hydroxyl groups excluding tert-OH is 1. The summed E-state index contributed by atoms with van der Waals surface area (Å²) in [7, 11) is 3.09. The molecule has 1 atom stereocenters. The number of rotatable bonds is 8. The first-order valence-corrected chi connectivity index (χ1v) is 12.1. The van der Waals surface area contributed by atoms with Gasteiger partial charge in [-0.2, -0.15) is 0 Å². The van der Waals surface area contributed by atoms with Crippen molar-refractivity contribution >= 4 is 34.0 Å². The number of hydrogen-bond acceptors (Lipinski definition) is 7. The van der Waals surface area contributed by atoms with Gasteiger partial charge in [-0.25, -0.2) is 0 Å². The molecule has 10 heteroatoms. The van der Waals surface area contributed by atoms with Crippen LogP contribution in [0, 0.1) is 10.1 Å². The Morgan fingerprint density at radius 3 is 2.51 bits per heavy atom. The number of carbonyl (C=O) groups is 2. The van der Waals surface area contributed by atoms with Crippen molar-refractivity contribution < 1.29 is 29.1 Å². The minimum atomic E-state index is -0.931. The molecule has 1 amide bonds. The molecule has 0 radical (unpaired) electrons. The van der Waals surface area contributed by atoms with E-state index in [1.54, 1.807) is 31.4 Å². The number of aromatic nitrogens is 1. The Labute approximate surface area is 223 Å². The molecule has 0 spiro atoms. The number of aromatic amines is 1. The first-order chi connectivity index (χ1) is 18.8. The van der Waals surface area contributed by atoms with Crippen LogP contribution in [0.25, 0.3) is 16.7 Å². The maximum Gasteiger partial charge on any atom is 0.295 e. The highest BCUT2D eigenvalue weighted by atomic mass is 16.6. The van der Waals surface area contributed by atoms with E-state index in [2.05, 4.69) is 4.98 Å². The van der Waals surface area contributed by atoms with Crippen LogP contribution in [0.1, 0.15) is 22.7 Å². The summed E-state index contributed by atoms with van der Waals surface area (Å²) >= 11 is 0. The molecule has 10 nitrogen and oxygen atoms in total. The van der Waals surface area contributed by atoms with Gasteiger partial charge in [0.05, 0.1) is 30.8 Å². The van der Waals surface area contributed by atoms with Gasteiger partial charge in [0.25, 0.3) is 17.4 Å². The molecule has 1 aliphatic rings. The van der Waals surface area contributed by atoms with Crippen molar-refractivity contribution in [3.05, 3.63) is 105 Å². The zero-order chi connectivity index (χ0) is 27.7. The van der Waals surface area contributed by atoms with Crippen molar-refractivity contribution in [2.45, 2.75) is 12.5 Å². The summed E-state index contributed by atoms with van der Waals surface area (Å²) in [6, 6.07) is 16.9. The molecule has 0 saturated carbocycles. The van der Waals surface area contributed by atoms with Crippen LogP contribution < -0.4 is 9.47 Å². The van der Waals surface area contributed by atoms with E-state index < -0.39 is 28.4 Å². The topological polar surface area (TPSA) is 135 Å². The fraction of sp³-hybridized carbons (Fsp3) is 0.172. The van der Waals surface area contributed by atoms with Crippen LogP contribution in [-0.4, -0.2) is 52.4 Å². The van der Waals surface area contributed by atoms with Gasteiger partial charge in [0.15, 0.2) is 0 Å². The number of Topliss-reactive ketones (excluding diaryl/α,β-unsaturated/α-hetero) is 1. The largest absolute Gasteiger partial charge is 0.507 e. The second kappa shape index (κ2) is 10.3. The fourth-order valence-electron chi connectivity index (χ4n) is 4.92. The van der Waals surface area contributed by atoms with Gasteiger partial charge < -0.3 is 24.5 Å². The molecule has 198 valence electrons. The predicted molar refractivity (Wildman–Crippen MR) is 144 cm³/mol. The molecule has 0 unspecified atom stereocenters. The van der Waals surface area contributed by atoms with Gasteiger partial charge in [-0.1, -0.05) is 24.3 Å². The van der Waals surface area contributed by atoms with Crippen LogP contribution in [0.2, 0.25) is 0 Å². The lowest BCUT2D eigenvalue weighted by atomic mass is 9.95. The Hall–Kier alpha value is -5.12. The van der Waals surface area contributed by atoms with E-state index in [0.717, 1.165) is 16.5 Å². The summed E-state index contributed by atoms with van der Waals surface area (Å²) in [6.07, 6.45) is 2.27. The number of hydrogen-bond donors (Lipinski definition) is 2. The van der Waals surface area contributed by atoms with Gasteiger partial charge >= 0.3 is 0 Å². The monoisotopic (exact) mass is 527 g/mol. The highest BCUT2D eigenvalue weighted by molar-refractivity contribution is 6.46. The van der Waals surface area contributed by atoms with Crippen molar-refractivity contribution in [3.8, 4) is 11.5 Å². The first-order valence-electron chi connectivity index (χ1n) is 12.1. The number of ether oxygens (including phenoxy) is 2. The number of nitro benzene ring substituents is 1. The molecular weight excluding hydrogens is 502 g/mol. The summed E-state index contributed by atoms with van der Waals surface area (Å²) in [5.41, 5.74) is 2.06. The second-order valence-electron chi connectivity index (χ2n) is 9.05. The normalized spacial score (nSPS) is 16.6. The zero-order valence-electron chi connectivity index (χ0n) is 21.2. The Morgan fingerprint density at radius 1 is 1.03 bits per heavy atom. The Bertz CT molecular complexity index is 1640. The van der Waals surface area contributed by atoms with E-state index in [4.69, 9.17) is 9.47 Å². The van der Waals surface area contributed by atoms with Gasteiger partial charge in [0.1, 0.15) is 17.3 Å². The number of non-ortho nitro benzene ring substituents is 1. The molecule has 39 heavy (non-hydrogen) atoms. The maximum atomic E-state index is 13.4. The highest BCUT2D eigenvalue weighted by Crippen LogP contribution is 2.41. The number of ketones is 1. The maximum absolute atomic E-state index is 13.4. The van der Waals surface area contributed by atoms with Gasteiger partial charge in [-0.3, -0.25) is 19.7 Å². The summed E-state index contributed by atoms with van der Waals surface area (Å²) in [5.74, 6) is -0.918. The van der Waals surface area contributed by atoms with Gasteiger partial charge in [-0.05, 0) is 47.9 Å². The number of benzene rings is 3. The lowest BCUT2D eigenvalue weighted by molar-refractivity contribution is -0.384. The molecule has 1 aliphatic heterocycles. The van der Waals surface area contributed by atoms with Gasteiger partial charge in [0.2, 0.25) is 0 Å². The minimum absolute atomic E-state index is 0.0684. The number of nitrogens with zero attached hydrogens (tertiary/aromatic N) is 2. The fourth-order valence-corrected chi connectivity index (χ4v) is 4.92. The predicted octanol–water partition coefficient (Wildman–Crippen LogP) is 4.76. The van der Waals surface area contributed by atoms with E-state index >= 15 is 0 Å². The standard InChI is InChI=1S/C29H25N3O7/c1-38-21-8-4-5-17(14-21)26-25(27(33)18-6-3-7-20(13-18)32(36)37)28(34)29(35)31(26)12-11-19-16-30-24-10-9-22(39-2)15-23(19)24/h3-10,13-16,26,30,33H,11-12H2,1-2H3/t26-/m0/s1. The van der Waals surface area contributed by atoms with Crippen LogP contribution in [0.5, 0.6) is 11.5 Å². The Morgan fingerprint density at radius 2 is 1.77 bits per heavy atom. The molecule has 2 N–H and O–H groups in total. The minimum Gasteiger partial charge on any atom is -0.507 e. The quantitative estimate of drug-likeness (QED) is 0.111. The third kappa shape index (κ3) is 4.68. The van der Waals surface area contributed by atoms with Crippen LogP contribution >= 0.6 is 0 Å². The van der Waals surface area contributed by atoms with E-state index in [9.17, 15) is 24.8 Å². The number of fused-ring (bicyclic) bond motifs is 1. The van der Waals surface area contributed by atoms with E-state index in [0.29, 0.717) is 23.5 Å². The number of amides is 1. The average molecular weight is 528 g/mol. The summed E-state index contributed by atoms with van der Waals surface area (Å²) in [6.45, 7) is 0.169. The first kappa shape index (κ1) is 25.5. The summed E-state index contributed by atoms with van der Waals surface area (Å²) in [4.78, 5) is 42.0. The number of aliphatic hydroxyl groups is 1. The van der Waals surface area contributed by atoms with Crippen LogP contribution in [-0.2, 0) is 16.0 Å². The number of H-pyrrole nitrogens is 1. The molecule has 4 aromatic rings. The Balaban J connectivity index is 1.58. The number of methoxy groups -OCH3 is 2. The number of carbonyl (C=O) groups excluding carboxylic acids is 2.